The molecule has 0 saturated carbocycles. The Balaban J connectivity index is 0.000000810. The summed E-state index contributed by atoms with van der Waals surface area (Å²) in [6, 6.07) is 8.90. The van der Waals surface area contributed by atoms with Gasteiger partial charge in [0.05, 0.1) is 0 Å². The van der Waals surface area contributed by atoms with Crippen LogP contribution in [-0.2, 0) is 25.2 Å². The molecule has 0 atom stereocenters. The maximum absolute atomic E-state index is 9.75. The molecule has 1 aromatic carbocycles. The number of hydrogen-bond acceptors (Lipinski definition) is 2. The maximum atomic E-state index is 9.75. The number of hydrogen-bond donors (Lipinski definition) is 0. The van der Waals surface area contributed by atoms with E-state index in [9.17, 15) is 4.79 Å². The van der Waals surface area contributed by atoms with Crippen molar-refractivity contribution in [1.29, 1.82) is 0 Å². The number of rotatable bonds is 2. The number of carbonyl (C=O) groups excluding carboxylic acids is 1. The molecule has 0 heterocycles. The Morgan fingerprint density at radius 1 is 1.20 bits per heavy atom. The average molecular weight is 229 g/mol. The molecule has 10 heavy (non-hydrogen) atoms. The first-order valence-corrected chi connectivity index (χ1v) is 2.59. The van der Waals surface area contributed by atoms with Crippen LogP contribution in [0.15, 0.2) is 30.3 Å². The number of benzene rings is 1. The van der Waals surface area contributed by atoms with Crippen molar-refractivity contribution in [2.24, 2.45) is 0 Å². The van der Waals surface area contributed by atoms with Crippen molar-refractivity contribution in [3.05, 3.63) is 30.3 Å². The summed E-state index contributed by atoms with van der Waals surface area (Å²) in [6.45, 7) is 0.412. The molecule has 56 valence electrons. The molecule has 2 nitrogen and oxygen atoms in total. The van der Waals surface area contributed by atoms with Gasteiger partial charge in [-0.1, -0.05) is 18.2 Å². The molecule has 3 heteroatoms. The van der Waals surface area contributed by atoms with E-state index in [-0.39, 0.29) is 20.4 Å². The first kappa shape index (κ1) is 9.35. The molecule has 0 fully saturated rings. The van der Waals surface area contributed by atoms with Gasteiger partial charge in [0.1, 0.15) is 5.75 Å². The summed E-state index contributed by atoms with van der Waals surface area (Å²) in [5.74, 6) is 0.576. The Bertz CT molecular complexity index is 186. The molecule has 0 unspecified atom stereocenters. The largest absolute Gasteiger partial charge is 0.429 e. The van der Waals surface area contributed by atoms with E-state index >= 15 is 0 Å². The summed E-state index contributed by atoms with van der Waals surface area (Å²) in [5.41, 5.74) is 0. The fourth-order valence-electron chi connectivity index (χ4n) is 0.555. The third-order valence-electron chi connectivity index (χ3n) is 0.927. The first-order valence-electron chi connectivity index (χ1n) is 2.59. The van der Waals surface area contributed by atoms with Gasteiger partial charge in [0.15, 0.2) is 0 Å². The minimum Gasteiger partial charge on any atom is -0.429 e. The maximum Gasteiger partial charge on any atom is 0.298 e. The van der Waals surface area contributed by atoms with E-state index < -0.39 is 0 Å². The third kappa shape index (κ3) is 2.77. The van der Waals surface area contributed by atoms with Gasteiger partial charge >= 0.3 is 0 Å². The summed E-state index contributed by atoms with van der Waals surface area (Å²) in [4.78, 5) is 9.75. The molecule has 0 aliphatic carbocycles. The quantitative estimate of drug-likeness (QED) is 0.562. The Labute approximate surface area is 72.9 Å². The first-order chi connectivity index (χ1) is 4.43. The Morgan fingerprint density at radius 2 is 1.80 bits per heavy atom. The topological polar surface area (TPSA) is 26.3 Å². The fraction of sp³-hybridized carbons (Fsp3) is 0. The van der Waals surface area contributed by atoms with Crippen LogP contribution in [0.4, 0.5) is 0 Å². The molecule has 0 N–H and O–H groups in total. The SMILES string of the molecule is O=COc1ccccc1.[Pd]. The van der Waals surface area contributed by atoms with Crippen LogP contribution in [0, 0.1) is 0 Å². The van der Waals surface area contributed by atoms with Gasteiger partial charge in [-0.3, -0.25) is 4.79 Å². The third-order valence-corrected chi connectivity index (χ3v) is 0.927. The minimum atomic E-state index is 0. The molecule has 0 amide bonds. The fourth-order valence-corrected chi connectivity index (χ4v) is 0.555. The van der Waals surface area contributed by atoms with E-state index in [1.165, 1.54) is 0 Å². The van der Waals surface area contributed by atoms with E-state index in [4.69, 9.17) is 0 Å². The molecule has 0 saturated heterocycles. The van der Waals surface area contributed by atoms with Gasteiger partial charge in [-0.15, -0.1) is 0 Å². The van der Waals surface area contributed by atoms with Crippen molar-refractivity contribution >= 4 is 6.47 Å². The van der Waals surface area contributed by atoms with Gasteiger partial charge in [-0.2, -0.15) is 0 Å². The predicted octanol–water partition coefficient (Wildman–Crippen LogP) is 1.22. The molecule has 0 aliphatic heterocycles. The average Bonchev–Trinajstić information content (AvgIpc) is 1.91. The van der Waals surface area contributed by atoms with Crippen LogP contribution in [0.2, 0.25) is 0 Å². The van der Waals surface area contributed by atoms with E-state index in [0.717, 1.165) is 0 Å². The van der Waals surface area contributed by atoms with Crippen LogP contribution in [-0.4, -0.2) is 6.47 Å². The minimum absolute atomic E-state index is 0. The van der Waals surface area contributed by atoms with Gasteiger partial charge in [0, 0.05) is 20.4 Å². The summed E-state index contributed by atoms with van der Waals surface area (Å²) < 4.78 is 4.53. The zero-order chi connectivity index (χ0) is 6.53. The summed E-state index contributed by atoms with van der Waals surface area (Å²) >= 11 is 0. The smallest absolute Gasteiger partial charge is 0.298 e. The van der Waals surface area contributed by atoms with Gasteiger partial charge in [-0.25, -0.2) is 0 Å². The van der Waals surface area contributed by atoms with Crippen LogP contribution in [0.3, 0.4) is 0 Å². The summed E-state index contributed by atoms with van der Waals surface area (Å²) in [5, 5.41) is 0. The van der Waals surface area contributed by atoms with Crippen molar-refractivity contribution in [2.45, 2.75) is 0 Å². The Hall–Kier alpha value is -0.648. The molecule has 1 aromatic rings. The normalized spacial score (nSPS) is 7.60. The predicted molar refractivity (Wildman–Crippen MR) is 33.1 cm³/mol. The second-order valence-electron chi connectivity index (χ2n) is 1.53. The molecule has 0 radical (unpaired) electrons. The molecule has 0 bridgehead atoms. The van der Waals surface area contributed by atoms with Crippen molar-refractivity contribution in [3.63, 3.8) is 0 Å². The summed E-state index contributed by atoms with van der Waals surface area (Å²) in [6.07, 6.45) is 0. The molecular formula is C7H6O2Pd. The van der Waals surface area contributed by atoms with E-state index in [1.54, 1.807) is 24.3 Å². The standard InChI is InChI=1S/C7H6O2.Pd/c8-6-9-7-4-2-1-3-5-7;/h1-6H;. The van der Waals surface area contributed by atoms with E-state index in [2.05, 4.69) is 4.74 Å². The molecule has 0 aromatic heterocycles. The van der Waals surface area contributed by atoms with Gasteiger partial charge < -0.3 is 4.74 Å². The van der Waals surface area contributed by atoms with Gasteiger partial charge in [-0.05, 0) is 12.1 Å². The molecule has 1 rings (SSSR count). The number of ether oxygens (including phenoxy) is 1. The van der Waals surface area contributed by atoms with Gasteiger partial charge in [0.2, 0.25) is 0 Å². The molecule has 0 spiro atoms. The molecule has 0 aliphatic rings. The monoisotopic (exact) mass is 228 g/mol. The summed E-state index contributed by atoms with van der Waals surface area (Å²) in [7, 11) is 0. The van der Waals surface area contributed by atoms with E-state index in [1.807, 2.05) is 6.07 Å². The Kier molecular flexibility index (Phi) is 4.83. The molecular weight excluding hydrogens is 222 g/mol. The number of carbonyl (C=O) groups is 1. The zero-order valence-corrected chi connectivity index (χ0v) is 6.65. The number of para-hydroxylation sites is 1. The van der Waals surface area contributed by atoms with E-state index in [0.29, 0.717) is 12.2 Å². The van der Waals surface area contributed by atoms with Crippen molar-refractivity contribution < 1.29 is 30.0 Å². The van der Waals surface area contributed by atoms with Crippen LogP contribution in [0.25, 0.3) is 0 Å². The second-order valence-corrected chi connectivity index (χ2v) is 1.53. The van der Waals surface area contributed by atoms with Crippen molar-refractivity contribution in [3.8, 4) is 5.75 Å². The second kappa shape index (κ2) is 5.16. The zero-order valence-electron chi connectivity index (χ0n) is 5.10. The Morgan fingerprint density at radius 3 is 2.30 bits per heavy atom. The van der Waals surface area contributed by atoms with Gasteiger partial charge in [0.25, 0.3) is 6.47 Å². The van der Waals surface area contributed by atoms with Crippen LogP contribution in [0.5, 0.6) is 5.75 Å². The van der Waals surface area contributed by atoms with Crippen LogP contribution >= 0.6 is 0 Å². The van der Waals surface area contributed by atoms with Crippen molar-refractivity contribution in [1.82, 2.24) is 0 Å². The van der Waals surface area contributed by atoms with Crippen LogP contribution < -0.4 is 4.74 Å². The van der Waals surface area contributed by atoms with Crippen molar-refractivity contribution in [2.75, 3.05) is 0 Å². The van der Waals surface area contributed by atoms with Crippen LogP contribution in [0.1, 0.15) is 0 Å².